The summed E-state index contributed by atoms with van der Waals surface area (Å²) < 4.78 is 5.61. The molecule has 3 saturated heterocycles. The maximum Gasteiger partial charge on any atom is 0.253 e. The number of aromatic hydroxyl groups is 1. The Kier molecular flexibility index (Phi) is 7.30. The topological polar surface area (TPSA) is 107 Å². The van der Waals surface area contributed by atoms with Crippen LogP contribution >= 0.6 is 23.2 Å². The number of ether oxygens (including phenoxy) is 1. The molecule has 0 spiro atoms. The second-order valence-electron chi connectivity index (χ2n) is 12.9. The number of phenolic OH excluding ortho intramolecular Hbond substituents is 1. The van der Waals surface area contributed by atoms with Gasteiger partial charge in [-0.3, -0.25) is 33.9 Å². The van der Waals surface area contributed by atoms with Crippen LogP contribution in [0.4, 0.5) is 0 Å². The molecule has 4 amide bonds. The van der Waals surface area contributed by atoms with E-state index in [2.05, 4.69) is 17.0 Å². The Balaban J connectivity index is 1.23. The van der Waals surface area contributed by atoms with Crippen molar-refractivity contribution in [1.29, 1.82) is 0 Å². The van der Waals surface area contributed by atoms with Gasteiger partial charge in [0, 0.05) is 44.2 Å². The number of carbonyl (C=O) groups excluding carboxylic acids is 4. The fourth-order valence-corrected chi connectivity index (χ4v) is 9.63. The summed E-state index contributed by atoms with van der Waals surface area (Å²) >= 11 is 14.5. The highest BCUT2D eigenvalue weighted by Crippen LogP contribution is 2.66. The Hall–Kier alpha value is -3.40. The molecule has 6 unspecified atom stereocenters. The largest absolute Gasteiger partial charge is 0.508 e. The van der Waals surface area contributed by atoms with Crippen molar-refractivity contribution >= 4 is 46.8 Å². The number of nitrogens with zero attached hydrogens (tertiary/aromatic N) is 3. The Bertz CT molecular complexity index is 1620. The van der Waals surface area contributed by atoms with Crippen LogP contribution in [0.2, 0.25) is 0 Å². The number of hydrogen-bond acceptors (Lipinski definition) is 7. The lowest BCUT2D eigenvalue weighted by molar-refractivity contribution is -0.144. The lowest BCUT2D eigenvalue weighted by Gasteiger charge is -2.51. The van der Waals surface area contributed by atoms with Crippen LogP contribution in [0, 0.1) is 17.8 Å². The van der Waals surface area contributed by atoms with Gasteiger partial charge in [0.15, 0.2) is 9.75 Å². The third-order valence-corrected chi connectivity index (χ3v) is 12.2. The van der Waals surface area contributed by atoms with E-state index in [1.54, 1.807) is 12.1 Å². The first kappa shape index (κ1) is 30.3. The van der Waals surface area contributed by atoms with Crippen molar-refractivity contribution in [3.8, 4) is 11.5 Å². The van der Waals surface area contributed by atoms with Crippen molar-refractivity contribution in [1.82, 2.24) is 14.7 Å². The molecule has 6 atom stereocenters. The van der Waals surface area contributed by atoms with Crippen molar-refractivity contribution in [3.63, 3.8) is 0 Å². The summed E-state index contributed by atoms with van der Waals surface area (Å²) in [6.45, 7) is 2.33. The van der Waals surface area contributed by atoms with Gasteiger partial charge >= 0.3 is 0 Å². The Morgan fingerprint density at radius 2 is 1.64 bits per heavy atom. The maximum absolute atomic E-state index is 14.3. The first-order valence-corrected chi connectivity index (χ1v) is 16.2. The average molecular weight is 653 g/mol. The number of benzene rings is 2. The molecule has 11 heteroatoms. The van der Waals surface area contributed by atoms with Crippen LogP contribution in [0.1, 0.15) is 42.7 Å². The quantitative estimate of drug-likeness (QED) is 0.295. The van der Waals surface area contributed by atoms with E-state index in [9.17, 15) is 24.3 Å². The van der Waals surface area contributed by atoms with Crippen LogP contribution < -0.4 is 4.74 Å². The number of phenols is 1. The Morgan fingerprint density at radius 1 is 0.933 bits per heavy atom. The summed E-state index contributed by atoms with van der Waals surface area (Å²) in [6, 6.07) is 14.7. The first-order valence-electron chi connectivity index (χ1n) is 15.4. The molecule has 1 N–H and O–H groups in total. The number of carbonyl (C=O) groups is 4. The van der Waals surface area contributed by atoms with Crippen molar-refractivity contribution in [2.45, 2.75) is 53.9 Å². The number of fused-ring (bicyclic) bond motifs is 4. The van der Waals surface area contributed by atoms with Crippen molar-refractivity contribution in [2.24, 2.45) is 17.8 Å². The second kappa shape index (κ2) is 10.9. The predicted molar refractivity (Wildman–Crippen MR) is 167 cm³/mol. The molecule has 2 aromatic carbocycles. The van der Waals surface area contributed by atoms with Crippen LogP contribution in [0.25, 0.3) is 0 Å². The molecule has 45 heavy (non-hydrogen) atoms. The van der Waals surface area contributed by atoms with Gasteiger partial charge in [-0.05, 0) is 49.3 Å². The van der Waals surface area contributed by atoms with Gasteiger partial charge < -0.3 is 9.84 Å². The van der Waals surface area contributed by atoms with Gasteiger partial charge in [0.05, 0.1) is 18.9 Å². The van der Waals surface area contributed by atoms with E-state index in [1.165, 1.54) is 30.7 Å². The zero-order valence-electron chi connectivity index (χ0n) is 25.1. The fourth-order valence-electron chi connectivity index (χ4n) is 8.62. The molecule has 9 nitrogen and oxygen atoms in total. The maximum atomic E-state index is 14.3. The highest BCUT2D eigenvalue weighted by molar-refractivity contribution is 6.53. The van der Waals surface area contributed by atoms with Gasteiger partial charge in [0.25, 0.3) is 11.8 Å². The van der Waals surface area contributed by atoms with Gasteiger partial charge in [0.1, 0.15) is 11.5 Å². The highest BCUT2D eigenvalue weighted by Gasteiger charge is 2.76. The van der Waals surface area contributed by atoms with E-state index in [0.717, 1.165) is 24.5 Å². The minimum Gasteiger partial charge on any atom is -0.508 e. The summed E-state index contributed by atoms with van der Waals surface area (Å²) in [5.41, 5.74) is 2.07. The number of likely N-dealkylation sites (tertiary alicyclic amines) is 3. The molecule has 4 fully saturated rings. The van der Waals surface area contributed by atoms with Crippen LogP contribution in [0.3, 0.4) is 0 Å². The molecule has 0 bridgehead atoms. The predicted octanol–water partition coefficient (Wildman–Crippen LogP) is 4.05. The first-order chi connectivity index (χ1) is 21.5. The lowest BCUT2D eigenvalue weighted by atomic mass is 9.56. The van der Waals surface area contributed by atoms with Crippen LogP contribution in [-0.4, -0.2) is 86.5 Å². The van der Waals surface area contributed by atoms with Gasteiger partial charge in [0.2, 0.25) is 11.8 Å². The second-order valence-corrected chi connectivity index (χ2v) is 14.2. The standard InChI is InChI=1S/C34H35Cl2N3O6/c1-37-31(43)33(35)17-23-21(28(34(33,36)32(37)44)27-24(40)9-6-10-25(27)45-2)11-12-22-26(23)30(42)39(29(22)41)20-13-15-38(16-14-20)18-19-7-4-3-5-8-19/h3-11,20,22-23,26,28,40H,12-18H2,1-2H3. The van der Waals surface area contributed by atoms with Crippen LogP contribution in [0.15, 0.2) is 60.2 Å². The fraction of sp³-hybridized carbons (Fsp3) is 0.471. The molecule has 0 radical (unpaired) electrons. The van der Waals surface area contributed by atoms with Crippen molar-refractivity contribution in [3.05, 3.63) is 71.3 Å². The summed E-state index contributed by atoms with van der Waals surface area (Å²) in [5.74, 6) is -4.79. The van der Waals surface area contributed by atoms with Crippen LogP contribution in [0.5, 0.6) is 11.5 Å². The molecule has 2 aromatic rings. The normalized spacial score (nSPS) is 33.6. The van der Waals surface area contributed by atoms with E-state index in [1.807, 2.05) is 24.3 Å². The molecule has 0 aromatic heterocycles. The van der Waals surface area contributed by atoms with E-state index in [0.29, 0.717) is 18.4 Å². The lowest BCUT2D eigenvalue weighted by Crippen LogP contribution is -2.60. The zero-order chi connectivity index (χ0) is 31.8. The minimum absolute atomic E-state index is 0.0885. The van der Waals surface area contributed by atoms with E-state index < -0.39 is 45.2 Å². The van der Waals surface area contributed by atoms with Crippen molar-refractivity contribution < 1.29 is 29.0 Å². The Morgan fingerprint density at radius 3 is 2.33 bits per heavy atom. The average Bonchev–Trinajstić information content (AvgIpc) is 3.37. The molecule has 3 heterocycles. The van der Waals surface area contributed by atoms with Gasteiger partial charge in [-0.2, -0.15) is 0 Å². The molecule has 3 aliphatic heterocycles. The number of halogens is 2. The monoisotopic (exact) mass is 651 g/mol. The number of alkyl halides is 2. The molecule has 7 rings (SSSR count). The summed E-state index contributed by atoms with van der Waals surface area (Å²) in [4.78, 5) is 56.6. The number of imide groups is 2. The third-order valence-electron chi connectivity index (χ3n) is 10.8. The van der Waals surface area contributed by atoms with Crippen LogP contribution in [-0.2, 0) is 25.7 Å². The number of piperidine rings is 1. The number of allylic oxidation sites excluding steroid dienone is 2. The number of hydrogen-bond donors (Lipinski definition) is 1. The van der Waals surface area contributed by atoms with Gasteiger partial charge in [-0.25, -0.2) is 0 Å². The highest BCUT2D eigenvalue weighted by atomic mass is 35.5. The van der Waals surface area contributed by atoms with E-state index in [-0.39, 0.29) is 47.8 Å². The minimum atomic E-state index is -1.99. The molecule has 2 aliphatic carbocycles. The van der Waals surface area contributed by atoms with Crippen molar-refractivity contribution in [2.75, 3.05) is 27.2 Å². The molecule has 5 aliphatic rings. The summed E-state index contributed by atoms with van der Waals surface area (Å²) in [6.07, 6.45) is 3.41. The molecular weight excluding hydrogens is 617 g/mol. The third kappa shape index (κ3) is 4.23. The molecule has 236 valence electrons. The van der Waals surface area contributed by atoms with Gasteiger partial charge in [-0.1, -0.05) is 48.0 Å². The van der Waals surface area contributed by atoms with E-state index in [4.69, 9.17) is 27.9 Å². The molecular formula is C34H35Cl2N3O6. The summed E-state index contributed by atoms with van der Waals surface area (Å²) in [5, 5.41) is 11.2. The van der Waals surface area contributed by atoms with E-state index >= 15 is 0 Å². The Labute approximate surface area is 271 Å². The smallest absolute Gasteiger partial charge is 0.253 e. The number of methoxy groups -OCH3 is 1. The summed E-state index contributed by atoms with van der Waals surface area (Å²) in [7, 11) is 2.78. The number of rotatable bonds is 5. The molecule has 1 saturated carbocycles. The van der Waals surface area contributed by atoms with Gasteiger partial charge in [-0.15, -0.1) is 23.2 Å². The SMILES string of the molecule is COc1cccc(O)c1C1C2=CCC3C(=O)N(C4CCN(Cc5ccccc5)CC4)C(=O)C3C2CC2(Cl)C(=O)N(C)C(=O)C12Cl. The number of amides is 4. The zero-order valence-corrected chi connectivity index (χ0v) is 26.6.